The second-order valence-corrected chi connectivity index (χ2v) is 9.47. The Hall–Kier alpha value is -5.85. The third-order valence-electron chi connectivity index (χ3n) is 6.80. The van der Waals surface area contributed by atoms with Gasteiger partial charge in [0.2, 0.25) is 0 Å². The van der Waals surface area contributed by atoms with E-state index in [1.54, 1.807) is 29.7 Å². The molecular formula is C30H24N4O9. The molecule has 3 aromatic heterocycles. The molecule has 1 N–H and O–H groups in total. The number of nitrogens with one attached hydrogen (secondary N) is 1. The van der Waals surface area contributed by atoms with Crippen LogP contribution < -0.4 is 21.0 Å². The number of fused-ring (bicyclic) bond motifs is 1. The molecule has 13 nitrogen and oxygen atoms in total. The van der Waals surface area contributed by atoms with Crippen LogP contribution in [0.4, 0.5) is 0 Å². The first-order valence-electron chi connectivity index (χ1n) is 13.2. The van der Waals surface area contributed by atoms with Crippen molar-refractivity contribution >= 4 is 17.0 Å². The van der Waals surface area contributed by atoms with Gasteiger partial charge >= 0.3 is 23.6 Å². The lowest BCUT2D eigenvalue weighted by Gasteiger charge is -2.09. The number of carbonyl (C=O) groups excluding carboxylic acids is 1. The molecule has 0 radical (unpaired) electrons. The molecule has 0 unspecified atom stereocenters. The number of ether oxygens (including phenoxy) is 2. The van der Waals surface area contributed by atoms with Gasteiger partial charge in [-0.25, -0.2) is 14.4 Å². The lowest BCUT2D eigenvalue weighted by molar-refractivity contribution is -0.586. The van der Waals surface area contributed by atoms with Crippen LogP contribution in [-0.4, -0.2) is 27.3 Å². The van der Waals surface area contributed by atoms with Crippen molar-refractivity contribution in [2.75, 3.05) is 6.61 Å². The molecule has 43 heavy (non-hydrogen) atoms. The summed E-state index contributed by atoms with van der Waals surface area (Å²) in [6.07, 6.45) is 0. The zero-order valence-electron chi connectivity index (χ0n) is 23.0. The molecule has 0 bridgehead atoms. The SMILES string of the molecule is CCOc1n(Cc2ccc(-c3ccccc3-c3noc(=O)[nH]3)cc2)c2c(C(=O)OCc3oc(=O)oc3C)cccc2[n+]1[O-]. The lowest BCUT2D eigenvalue weighted by atomic mass is 9.98. The third kappa shape index (κ3) is 5.19. The van der Waals surface area contributed by atoms with E-state index in [1.165, 1.54) is 6.92 Å². The lowest BCUT2D eigenvalue weighted by Crippen LogP contribution is -2.28. The first-order chi connectivity index (χ1) is 20.8. The van der Waals surface area contributed by atoms with E-state index in [0.29, 0.717) is 21.6 Å². The normalized spacial score (nSPS) is 11.2. The van der Waals surface area contributed by atoms with E-state index >= 15 is 0 Å². The van der Waals surface area contributed by atoms with Gasteiger partial charge in [-0.1, -0.05) is 59.8 Å². The van der Waals surface area contributed by atoms with Crippen LogP contribution in [0.3, 0.4) is 0 Å². The fourth-order valence-corrected chi connectivity index (χ4v) is 4.84. The van der Waals surface area contributed by atoms with Gasteiger partial charge in [-0.15, -0.1) is 0 Å². The maximum atomic E-state index is 13.3. The number of esters is 1. The highest BCUT2D eigenvalue weighted by atomic mass is 16.6. The summed E-state index contributed by atoms with van der Waals surface area (Å²) in [7, 11) is 0. The quantitative estimate of drug-likeness (QED) is 0.149. The predicted octanol–water partition coefficient (Wildman–Crippen LogP) is 3.94. The summed E-state index contributed by atoms with van der Waals surface area (Å²) in [5.74, 6) is -1.66. The Morgan fingerprint density at radius 2 is 1.79 bits per heavy atom. The number of hydrogen-bond acceptors (Lipinski definition) is 10. The smallest absolute Gasteiger partial charge is 0.519 e. The van der Waals surface area contributed by atoms with E-state index in [4.69, 9.17) is 18.3 Å². The Morgan fingerprint density at radius 3 is 2.47 bits per heavy atom. The average Bonchev–Trinajstić information content (AvgIpc) is 3.67. The van der Waals surface area contributed by atoms with E-state index in [0.717, 1.165) is 16.7 Å². The minimum Gasteiger partial charge on any atom is -0.708 e. The Labute approximate surface area is 242 Å². The van der Waals surface area contributed by atoms with Crippen molar-refractivity contribution in [2.45, 2.75) is 27.0 Å². The topological polar surface area (TPSA) is 170 Å². The zero-order chi connectivity index (χ0) is 30.1. The predicted molar refractivity (Wildman–Crippen MR) is 150 cm³/mol. The molecule has 0 aliphatic rings. The van der Waals surface area contributed by atoms with Crippen LogP contribution in [0, 0.1) is 12.1 Å². The number of imidazole rings is 1. The van der Waals surface area contributed by atoms with Gasteiger partial charge in [-0.3, -0.25) is 9.51 Å². The highest BCUT2D eigenvalue weighted by Gasteiger charge is 2.29. The van der Waals surface area contributed by atoms with Crippen LogP contribution in [0.15, 0.2) is 89.7 Å². The fraction of sp³-hybridized carbons (Fsp3) is 0.167. The molecule has 0 fully saturated rings. The summed E-state index contributed by atoms with van der Waals surface area (Å²) < 4.78 is 27.8. The molecule has 6 aromatic rings. The van der Waals surface area contributed by atoms with Crippen molar-refractivity contribution in [3.8, 4) is 28.5 Å². The van der Waals surface area contributed by atoms with Gasteiger partial charge in [0.05, 0.1) is 6.61 Å². The molecule has 0 saturated carbocycles. The second kappa shape index (κ2) is 11.2. The van der Waals surface area contributed by atoms with E-state index in [1.807, 2.05) is 48.5 Å². The van der Waals surface area contributed by atoms with Gasteiger partial charge in [0, 0.05) is 5.56 Å². The first-order valence-corrected chi connectivity index (χ1v) is 13.2. The summed E-state index contributed by atoms with van der Waals surface area (Å²) in [4.78, 5) is 38.7. The van der Waals surface area contributed by atoms with Crippen LogP contribution in [0.1, 0.15) is 34.4 Å². The molecule has 3 heterocycles. The number of hydrogen-bond donors (Lipinski definition) is 1. The fourth-order valence-electron chi connectivity index (χ4n) is 4.84. The number of H-pyrrole nitrogens is 1. The summed E-state index contributed by atoms with van der Waals surface area (Å²) in [5.41, 5.74) is 3.85. The van der Waals surface area contributed by atoms with Crippen LogP contribution >= 0.6 is 0 Å². The number of aryl methyl sites for hydroxylation is 1. The number of para-hydroxylation sites is 1. The molecule has 6 rings (SSSR count). The maximum Gasteiger partial charge on any atom is 0.519 e. The minimum atomic E-state index is -0.893. The molecule has 0 aliphatic heterocycles. The number of nitrogens with zero attached hydrogens (tertiary/aromatic N) is 3. The number of carbonyl (C=O) groups is 1. The van der Waals surface area contributed by atoms with Crippen molar-refractivity contribution < 1.29 is 32.4 Å². The van der Waals surface area contributed by atoms with Crippen LogP contribution in [0.5, 0.6) is 6.01 Å². The van der Waals surface area contributed by atoms with Gasteiger partial charge in [-0.2, -0.15) is 9.30 Å². The Balaban J connectivity index is 1.35. The molecule has 0 aliphatic carbocycles. The molecule has 3 aromatic carbocycles. The molecule has 0 amide bonds. The van der Waals surface area contributed by atoms with Crippen molar-refractivity contribution in [1.82, 2.24) is 14.7 Å². The van der Waals surface area contributed by atoms with Gasteiger partial charge in [0.25, 0.3) is 0 Å². The van der Waals surface area contributed by atoms with E-state index in [-0.39, 0.29) is 48.4 Å². The first kappa shape index (κ1) is 27.3. The van der Waals surface area contributed by atoms with Gasteiger partial charge in [-0.05, 0) is 42.7 Å². The summed E-state index contributed by atoms with van der Waals surface area (Å²) >= 11 is 0. The maximum absolute atomic E-state index is 13.3. The molecular weight excluding hydrogens is 560 g/mol. The van der Waals surface area contributed by atoms with Crippen molar-refractivity contribution in [3.63, 3.8) is 0 Å². The number of aromatic amines is 1. The number of rotatable bonds is 9. The highest BCUT2D eigenvalue weighted by molar-refractivity contribution is 6.01. The Morgan fingerprint density at radius 1 is 1.02 bits per heavy atom. The summed E-state index contributed by atoms with van der Waals surface area (Å²) in [6.45, 7) is 3.37. The van der Waals surface area contributed by atoms with E-state index < -0.39 is 17.5 Å². The molecule has 0 atom stereocenters. The van der Waals surface area contributed by atoms with Gasteiger partial charge in [0.15, 0.2) is 35.0 Å². The van der Waals surface area contributed by atoms with E-state index in [9.17, 15) is 19.6 Å². The second-order valence-electron chi connectivity index (χ2n) is 9.47. The molecule has 0 spiro atoms. The summed E-state index contributed by atoms with van der Waals surface area (Å²) in [5, 5.41) is 17.1. The van der Waals surface area contributed by atoms with Crippen molar-refractivity contribution in [1.29, 1.82) is 0 Å². The molecule has 13 heteroatoms. The van der Waals surface area contributed by atoms with Crippen LogP contribution in [0.25, 0.3) is 33.5 Å². The van der Waals surface area contributed by atoms with Gasteiger partial charge < -0.3 is 23.5 Å². The third-order valence-corrected chi connectivity index (χ3v) is 6.80. The average molecular weight is 585 g/mol. The Kier molecular flexibility index (Phi) is 7.12. The van der Waals surface area contributed by atoms with Gasteiger partial charge in [0.1, 0.15) is 12.1 Å². The molecule has 0 saturated heterocycles. The number of benzene rings is 3. The standard InChI is InChI=1S/C30H24N4O9/c1-3-39-29-33(15-18-11-13-19(14-12-18)20-7-4-5-8-21(20)26-31-28(36)43-32-26)25-22(9-6-10-23(25)34(29)38)27(35)40-16-24-17(2)41-30(37)42-24/h4-14H,3,15-16H2,1-2H3,(H,31,32,36). The summed E-state index contributed by atoms with van der Waals surface area (Å²) in [6, 6.07) is 19.7. The van der Waals surface area contributed by atoms with Crippen molar-refractivity contribution in [2.24, 2.45) is 0 Å². The van der Waals surface area contributed by atoms with E-state index in [2.05, 4.69) is 14.7 Å². The monoisotopic (exact) mass is 584 g/mol. The molecule has 218 valence electrons. The minimum absolute atomic E-state index is 0.0128. The zero-order valence-corrected chi connectivity index (χ0v) is 23.0. The number of aromatic nitrogens is 4. The van der Waals surface area contributed by atoms with Crippen LogP contribution in [0.2, 0.25) is 0 Å². The Bertz CT molecular complexity index is 2060. The highest BCUT2D eigenvalue weighted by Crippen LogP contribution is 2.31. The van der Waals surface area contributed by atoms with Crippen molar-refractivity contribution in [3.05, 3.63) is 116 Å². The van der Waals surface area contributed by atoms with Crippen LogP contribution in [-0.2, 0) is 17.9 Å². The largest absolute Gasteiger partial charge is 0.708 e.